The molecule has 0 spiro atoms. The van der Waals surface area contributed by atoms with Crippen LogP contribution in [0, 0.1) is 5.92 Å². The Bertz CT molecular complexity index is 686. The second-order valence-corrected chi connectivity index (χ2v) is 9.69. The van der Waals surface area contributed by atoms with Gasteiger partial charge in [-0.2, -0.15) is 0 Å². The SMILES string of the molecule is C[C@@H](O)[C@H]1C(=O)N2CC(CCCCCCCCCCn3cnnn3)(C(=O)O)S[C@H]12. The number of β-lactam (4-membered cyclic amide) rings is 1. The predicted octanol–water partition coefficient (Wildman–Crippen LogP) is 1.92. The van der Waals surface area contributed by atoms with E-state index in [0.29, 0.717) is 6.42 Å². The molecule has 0 bridgehead atoms. The second kappa shape index (κ2) is 9.88. The maximum absolute atomic E-state index is 12.1. The first-order valence-electron chi connectivity index (χ1n) is 10.6. The number of rotatable bonds is 13. The fourth-order valence-electron chi connectivity index (χ4n) is 4.23. The highest BCUT2D eigenvalue weighted by atomic mass is 32.2. The molecule has 0 aromatic carbocycles. The largest absolute Gasteiger partial charge is 0.480 e. The summed E-state index contributed by atoms with van der Waals surface area (Å²) in [4.78, 5) is 25.7. The number of thioether (sulfide) groups is 1. The fraction of sp³-hybridized carbons (Fsp3) is 0.842. The molecule has 3 rings (SSSR count). The molecule has 3 heterocycles. The number of tetrazole rings is 1. The maximum Gasteiger partial charge on any atom is 0.321 e. The lowest BCUT2D eigenvalue weighted by atomic mass is 9.91. The number of carboxylic acids is 1. The number of aliphatic hydroxyl groups is 1. The number of carbonyl (C=O) groups excluding carboxylic acids is 1. The average molecular weight is 426 g/mol. The van der Waals surface area contributed by atoms with Crippen molar-refractivity contribution < 1.29 is 19.8 Å². The molecule has 0 aliphatic carbocycles. The molecule has 0 saturated carbocycles. The lowest BCUT2D eigenvalue weighted by Gasteiger charge is -2.42. The van der Waals surface area contributed by atoms with E-state index in [1.165, 1.54) is 24.6 Å². The molecule has 1 aromatic heterocycles. The Morgan fingerprint density at radius 2 is 1.90 bits per heavy atom. The van der Waals surface area contributed by atoms with Gasteiger partial charge in [-0.3, -0.25) is 9.59 Å². The van der Waals surface area contributed by atoms with Crippen LogP contribution in [-0.2, 0) is 16.1 Å². The third-order valence-electron chi connectivity index (χ3n) is 5.97. The van der Waals surface area contributed by atoms with Crippen LogP contribution >= 0.6 is 11.8 Å². The van der Waals surface area contributed by atoms with Crippen molar-refractivity contribution in [1.82, 2.24) is 25.1 Å². The summed E-state index contributed by atoms with van der Waals surface area (Å²) in [5, 5.41) is 30.5. The molecule has 1 aromatic rings. The monoisotopic (exact) mass is 425 g/mol. The number of aliphatic carboxylic acids is 1. The summed E-state index contributed by atoms with van der Waals surface area (Å²) >= 11 is 1.36. The standard InChI is InChI=1S/C19H31N5O4S/c1-14(25)15-16(26)24-12-19(18(27)28,29-17(15)24)10-8-6-4-2-3-5-7-9-11-23-13-20-21-22-23/h13-15,17,25H,2-12H2,1H3,(H,27,28)/t14-,15+,17-,19?/m1/s1. The van der Waals surface area contributed by atoms with Crippen LogP contribution < -0.4 is 0 Å². The minimum absolute atomic E-state index is 0.110. The van der Waals surface area contributed by atoms with Crippen LogP contribution in [0.3, 0.4) is 0 Å². The van der Waals surface area contributed by atoms with Crippen LogP contribution in [0.25, 0.3) is 0 Å². The third-order valence-corrected chi connectivity index (χ3v) is 7.72. The lowest BCUT2D eigenvalue weighted by Crippen LogP contribution is -2.60. The first kappa shape index (κ1) is 22.0. The van der Waals surface area contributed by atoms with E-state index in [2.05, 4.69) is 15.5 Å². The summed E-state index contributed by atoms with van der Waals surface area (Å²) in [6.07, 6.45) is 10.2. The minimum atomic E-state index is -0.916. The minimum Gasteiger partial charge on any atom is -0.480 e. The topological polar surface area (TPSA) is 121 Å². The van der Waals surface area contributed by atoms with Gasteiger partial charge < -0.3 is 15.1 Å². The van der Waals surface area contributed by atoms with Crippen molar-refractivity contribution >= 4 is 23.6 Å². The molecule has 162 valence electrons. The fourth-order valence-corrected chi connectivity index (χ4v) is 6.07. The summed E-state index contributed by atoms with van der Waals surface area (Å²) in [5.41, 5.74) is 0. The van der Waals surface area contributed by atoms with E-state index in [1.807, 2.05) is 0 Å². The van der Waals surface area contributed by atoms with E-state index in [4.69, 9.17) is 0 Å². The molecule has 0 radical (unpaired) electrons. The molecule has 1 unspecified atom stereocenters. The van der Waals surface area contributed by atoms with Gasteiger partial charge in [0, 0.05) is 13.1 Å². The van der Waals surface area contributed by atoms with Crippen LogP contribution in [0.5, 0.6) is 0 Å². The van der Waals surface area contributed by atoms with Crippen molar-refractivity contribution in [3.05, 3.63) is 6.33 Å². The normalized spacial score (nSPS) is 27.0. The summed E-state index contributed by atoms with van der Waals surface area (Å²) in [5.74, 6) is -1.40. The molecule has 4 atom stereocenters. The van der Waals surface area contributed by atoms with Crippen molar-refractivity contribution in [1.29, 1.82) is 0 Å². The number of aromatic nitrogens is 4. The Balaban J connectivity index is 1.28. The first-order chi connectivity index (χ1) is 13.9. The van der Waals surface area contributed by atoms with E-state index in [1.54, 1.807) is 22.8 Å². The number of nitrogens with zero attached hydrogens (tertiary/aromatic N) is 5. The predicted molar refractivity (Wildman–Crippen MR) is 108 cm³/mol. The maximum atomic E-state index is 12.1. The zero-order valence-corrected chi connectivity index (χ0v) is 17.8. The van der Waals surface area contributed by atoms with Crippen LogP contribution in [0.4, 0.5) is 0 Å². The number of carboxylic acid groups (broad SMARTS) is 1. The number of hydrogen-bond acceptors (Lipinski definition) is 7. The Hall–Kier alpha value is -1.68. The third kappa shape index (κ3) is 5.09. The van der Waals surface area contributed by atoms with Gasteiger partial charge in [-0.05, 0) is 30.2 Å². The van der Waals surface area contributed by atoms with E-state index < -0.39 is 22.7 Å². The van der Waals surface area contributed by atoms with E-state index in [9.17, 15) is 19.8 Å². The van der Waals surface area contributed by atoms with Gasteiger partial charge in [-0.1, -0.05) is 44.9 Å². The van der Waals surface area contributed by atoms with E-state index in [0.717, 1.165) is 45.1 Å². The summed E-state index contributed by atoms with van der Waals surface area (Å²) < 4.78 is 0.833. The number of unbranched alkanes of at least 4 members (excludes halogenated alkanes) is 7. The number of fused-ring (bicyclic) bond motifs is 1. The molecule has 1 amide bonds. The van der Waals surface area contributed by atoms with Gasteiger partial charge >= 0.3 is 5.97 Å². The highest BCUT2D eigenvalue weighted by Gasteiger charge is 2.62. The van der Waals surface area contributed by atoms with Crippen molar-refractivity contribution in [2.45, 2.75) is 87.5 Å². The van der Waals surface area contributed by atoms with Gasteiger partial charge in [0.25, 0.3) is 0 Å². The summed E-state index contributed by atoms with van der Waals surface area (Å²) in [7, 11) is 0. The molecule has 29 heavy (non-hydrogen) atoms. The molecule has 9 nitrogen and oxygen atoms in total. The zero-order chi connectivity index (χ0) is 20.9. The molecule has 2 aliphatic rings. The van der Waals surface area contributed by atoms with Crippen LogP contribution in [0.1, 0.15) is 64.7 Å². The Kier molecular flexibility index (Phi) is 7.50. The second-order valence-electron chi connectivity index (χ2n) is 8.19. The molecular formula is C19H31N5O4S. The van der Waals surface area contributed by atoms with Gasteiger partial charge in [-0.25, -0.2) is 4.68 Å². The molecule has 10 heteroatoms. The highest BCUT2D eigenvalue weighted by molar-refractivity contribution is 8.02. The summed E-state index contributed by atoms with van der Waals surface area (Å²) in [6, 6.07) is 0. The van der Waals surface area contributed by atoms with Gasteiger partial charge in [-0.15, -0.1) is 16.9 Å². The van der Waals surface area contributed by atoms with Crippen LogP contribution in [0.15, 0.2) is 6.33 Å². The molecule has 2 N–H and O–H groups in total. The van der Waals surface area contributed by atoms with Gasteiger partial charge in [0.1, 0.15) is 11.1 Å². The Morgan fingerprint density at radius 3 is 2.48 bits per heavy atom. The van der Waals surface area contributed by atoms with Crippen molar-refractivity contribution in [3.63, 3.8) is 0 Å². The quantitative estimate of drug-likeness (QED) is 0.363. The molecular weight excluding hydrogens is 394 g/mol. The Labute approximate surface area is 175 Å². The summed E-state index contributed by atoms with van der Waals surface area (Å²) in [6.45, 7) is 2.73. The number of aliphatic hydroxyl groups excluding tert-OH is 1. The van der Waals surface area contributed by atoms with Crippen LogP contribution in [-0.4, -0.2) is 70.0 Å². The molecule has 2 fully saturated rings. The van der Waals surface area contributed by atoms with Crippen molar-refractivity contribution in [3.8, 4) is 0 Å². The smallest absolute Gasteiger partial charge is 0.321 e. The number of carbonyl (C=O) groups is 2. The number of amides is 1. The van der Waals surface area contributed by atoms with E-state index in [-0.39, 0.29) is 17.8 Å². The van der Waals surface area contributed by atoms with Crippen LogP contribution in [0.2, 0.25) is 0 Å². The first-order valence-corrected chi connectivity index (χ1v) is 11.4. The molecule has 2 aliphatic heterocycles. The van der Waals surface area contributed by atoms with Crippen molar-refractivity contribution in [2.24, 2.45) is 5.92 Å². The molecule has 2 saturated heterocycles. The van der Waals surface area contributed by atoms with Gasteiger partial charge in [0.2, 0.25) is 5.91 Å². The van der Waals surface area contributed by atoms with Gasteiger partial charge in [0.15, 0.2) is 0 Å². The van der Waals surface area contributed by atoms with Crippen molar-refractivity contribution in [2.75, 3.05) is 6.54 Å². The number of aryl methyl sites for hydroxylation is 1. The lowest BCUT2D eigenvalue weighted by molar-refractivity contribution is -0.156. The van der Waals surface area contributed by atoms with Gasteiger partial charge in [0.05, 0.1) is 17.4 Å². The number of hydrogen-bond donors (Lipinski definition) is 2. The zero-order valence-electron chi connectivity index (χ0n) is 16.9. The Morgan fingerprint density at radius 1 is 1.24 bits per heavy atom. The average Bonchev–Trinajstić information content (AvgIpc) is 3.30. The highest BCUT2D eigenvalue weighted by Crippen LogP contribution is 2.52. The van der Waals surface area contributed by atoms with E-state index >= 15 is 0 Å².